The van der Waals surface area contributed by atoms with Crippen molar-refractivity contribution >= 4 is 61.9 Å². The molecule has 0 N–H and O–H groups in total. The van der Waals surface area contributed by atoms with Crippen LogP contribution in [0, 0.1) is 0 Å². The van der Waals surface area contributed by atoms with E-state index < -0.39 is 0 Å². The molecule has 4 rings (SSSR count). The minimum Gasteiger partial charge on any atom is -0.490 e. The molecular formula is C27H22BrNO3S2. The highest BCUT2D eigenvalue weighted by Gasteiger charge is 2.33. The maximum absolute atomic E-state index is 13.1. The molecule has 0 atom stereocenters. The molecule has 0 aromatic heterocycles. The van der Waals surface area contributed by atoms with Gasteiger partial charge in [-0.15, -0.1) is 6.58 Å². The number of anilines is 1. The van der Waals surface area contributed by atoms with Gasteiger partial charge in [0.25, 0.3) is 5.91 Å². The summed E-state index contributed by atoms with van der Waals surface area (Å²) in [7, 11) is 0. The van der Waals surface area contributed by atoms with Gasteiger partial charge in [-0.3, -0.25) is 9.69 Å². The predicted molar refractivity (Wildman–Crippen MR) is 148 cm³/mol. The molecule has 7 heteroatoms. The number of carbonyl (C=O) groups excluding carboxylic acids is 1. The topological polar surface area (TPSA) is 38.8 Å². The van der Waals surface area contributed by atoms with Crippen LogP contribution in [-0.4, -0.2) is 23.4 Å². The quantitative estimate of drug-likeness (QED) is 0.123. The fourth-order valence-electron chi connectivity index (χ4n) is 3.44. The summed E-state index contributed by atoms with van der Waals surface area (Å²) in [5.74, 6) is 1.34. The first-order valence-corrected chi connectivity index (χ1v) is 12.7. The van der Waals surface area contributed by atoms with E-state index in [4.69, 9.17) is 21.7 Å². The molecule has 172 valence electrons. The fraction of sp³-hybridized carbons (Fsp3) is 0.111. The normalized spacial score (nSPS) is 14.5. The molecule has 3 aromatic carbocycles. The van der Waals surface area contributed by atoms with E-state index in [0.717, 1.165) is 33.5 Å². The molecule has 3 aromatic rings. The molecule has 1 heterocycles. The fourth-order valence-corrected chi connectivity index (χ4v) is 5.11. The average molecular weight is 553 g/mol. The van der Waals surface area contributed by atoms with Gasteiger partial charge in [-0.05, 0) is 54.5 Å². The molecule has 0 aliphatic carbocycles. The van der Waals surface area contributed by atoms with Gasteiger partial charge in [0.2, 0.25) is 0 Å². The molecule has 1 aliphatic rings. The van der Waals surface area contributed by atoms with Crippen LogP contribution in [0.1, 0.15) is 11.1 Å². The van der Waals surface area contributed by atoms with Crippen LogP contribution in [0.25, 0.3) is 6.08 Å². The van der Waals surface area contributed by atoms with E-state index in [2.05, 4.69) is 22.5 Å². The second-order valence-corrected chi connectivity index (χ2v) is 9.92. The first kappa shape index (κ1) is 24.3. The van der Waals surface area contributed by atoms with Crippen molar-refractivity contribution in [1.82, 2.24) is 0 Å². The van der Waals surface area contributed by atoms with E-state index in [1.54, 1.807) is 4.90 Å². The Labute approximate surface area is 217 Å². The van der Waals surface area contributed by atoms with Crippen molar-refractivity contribution in [2.45, 2.75) is 6.42 Å². The number of carbonyl (C=O) groups is 1. The van der Waals surface area contributed by atoms with Crippen LogP contribution in [-0.2, 0) is 11.2 Å². The second kappa shape index (κ2) is 11.5. The molecular weight excluding hydrogens is 530 g/mol. The van der Waals surface area contributed by atoms with Gasteiger partial charge in [0, 0.05) is 10.0 Å². The van der Waals surface area contributed by atoms with Crippen molar-refractivity contribution in [3.05, 3.63) is 106 Å². The Bertz CT molecular complexity index is 1240. The third kappa shape index (κ3) is 5.78. The highest BCUT2D eigenvalue weighted by molar-refractivity contribution is 9.10. The van der Waals surface area contributed by atoms with Crippen molar-refractivity contribution in [2.75, 3.05) is 18.1 Å². The minimum atomic E-state index is -0.144. The number of rotatable bonds is 9. The number of para-hydroxylation sites is 2. The van der Waals surface area contributed by atoms with Crippen molar-refractivity contribution in [3.63, 3.8) is 0 Å². The summed E-state index contributed by atoms with van der Waals surface area (Å²) >= 11 is 10.3. The van der Waals surface area contributed by atoms with Crippen LogP contribution in [0.5, 0.6) is 11.5 Å². The maximum Gasteiger partial charge on any atom is 0.270 e. The zero-order valence-corrected chi connectivity index (χ0v) is 21.5. The van der Waals surface area contributed by atoms with Crippen molar-refractivity contribution < 1.29 is 14.3 Å². The predicted octanol–water partition coefficient (Wildman–Crippen LogP) is 7.04. The summed E-state index contributed by atoms with van der Waals surface area (Å²) in [4.78, 5) is 15.2. The standard InChI is InChI=1S/C27H22BrNO3S2/c1-2-8-19-9-6-7-12-23(19)31-15-16-32-24-14-13-21(28)17-20(24)18-25-26(30)29(27(33)34-25)22-10-4-3-5-11-22/h2-7,9-14,17-18H,1,8,15-16H2. The molecule has 4 nitrogen and oxygen atoms in total. The Kier molecular flexibility index (Phi) is 8.21. The third-order valence-electron chi connectivity index (χ3n) is 5.00. The Hall–Kier alpha value is -2.87. The van der Waals surface area contributed by atoms with Gasteiger partial charge in [0.1, 0.15) is 24.7 Å². The molecule has 1 saturated heterocycles. The molecule has 1 amide bonds. The van der Waals surface area contributed by atoms with Gasteiger partial charge in [-0.25, -0.2) is 0 Å². The number of hydrogen-bond acceptors (Lipinski definition) is 5. The van der Waals surface area contributed by atoms with Crippen LogP contribution < -0.4 is 14.4 Å². The van der Waals surface area contributed by atoms with E-state index >= 15 is 0 Å². The highest BCUT2D eigenvalue weighted by atomic mass is 79.9. The first-order chi connectivity index (χ1) is 16.6. The summed E-state index contributed by atoms with van der Waals surface area (Å²) in [6.07, 6.45) is 4.42. The lowest BCUT2D eigenvalue weighted by Gasteiger charge is -2.14. The Morgan fingerprint density at radius 1 is 0.971 bits per heavy atom. The number of ether oxygens (including phenoxy) is 2. The molecule has 34 heavy (non-hydrogen) atoms. The van der Waals surface area contributed by atoms with Gasteiger partial charge in [0.05, 0.1) is 10.6 Å². The van der Waals surface area contributed by atoms with Gasteiger partial charge in [-0.2, -0.15) is 0 Å². The van der Waals surface area contributed by atoms with E-state index in [1.165, 1.54) is 11.8 Å². The molecule has 1 aliphatic heterocycles. The number of thiocarbonyl (C=S) groups is 1. The summed E-state index contributed by atoms with van der Waals surface area (Å²) in [6, 6.07) is 23.0. The number of benzene rings is 3. The Balaban J connectivity index is 1.46. The largest absolute Gasteiger partial charge is 0.490 e. The van der Waals surface area contributed by atoms with Crippen molar-refractivity contribution in [1.29, 1.82) is 0 Å². The molecule has 0 radical (unpaired) electrons. The Morgan fingerprint density at radius 2 is 1.68 bits per heavy atom. The van der Waals surface area contributed by atoms with Crippen LogP contribution in [0.4, 0.5) is 5.69 Å². The van der Waals surface area contributed by atoms with E-state index in [-0.39, 0.29) is 5.91 Å². The first-order valence-electron chi connectivity index (χ1n) is 10.6. The number of hydrogen-bond donors (Lipinski definition) is 0. The molecule has 0 bridgehead atoms. The lowest BCUT2D eigenvalue weighted by molar-refractivity contribution is -0.113. The van der Waals surface area contributed by atoms with E-state index in [9.17, 15) is 4.79 Å². The summed E-state index contributed by atoms with van der Waals surface area (Å²) in [6.45, 7) is 4.54. The van der Waals surface area contributed by atoms with Gasteiger partial charge >= 0.3 is 0 Å². The zero-order valence-electron chi connectivity index (χ0n) is 18.3. The molecule has 0 unspecified atom stereocenters. The zero-order chi connectivity index (χ0) is 23.9. The van der Waals surface area contributed by atoms with Crippen LogP contribution in [0.15, 0.2) is 94.8 Å². The highest BCUT2D eigenvalue weighted by Crippen LogP contribution is 2.37. The van der Waals surface area contributed by atoms with E-state index in [1.807, 2.05) is 84.9 Å². The minimum absolute atomic E-state index is 0.144. The maximum atomic E-state index is 13.1. The lowest BCUT2D eigenvalue weighted by Crippen LogP contribution is -2.27. The number of halogens is 1. The summed E-state index contributed by atoms with van der Waals surface area (Å²) < 4.78 is 13.3. The van der Waals surface area contributed by atoms with Gasteiger partial charge in [0.15, 0.2) is 4.32 Å². The number of nitrogens with zero attached hydrogens (tertiary/aromatic N) is 1. The number of thioether (sulfide) groups is 1. The van der Waals surface area contributed by atoms with Crippen LogP contribution in [0.2, 0.25) is 0 Å². The van der Waals surface area contributed by atoms with Gasteiger partial charge < -0.3 is 9.47 Å². The SMILES string of the molecule is C=CCc1ccccc1OCCOc1ccc(Br)cc1C=C1SC(=S)N(c2ccccc2)C1=O. The smallest absolute Gasteiger partial charge is 0.270 e. The summed E-state index contributed by atoms with van der Waals surface area (Å²) in [5.41, 5.74) is 2.63. The summed E-state index contributed by atoms with van der Waals surface area (Å²) in [5, 5.41) is 0. The van der Waals surface area contributed by atoms with Crippen LogP contribution >= 0.6 is 39.9 Å². The Morgan fingerprint density at radius 3 is 2.44 bits per heavy atom. The molecule has 0 saturated carbocycles. The van der Waals surface area contributed by atoms with Crippen molar-refractivity contribution in [2.24, 2.45) is 0 Å². The molecule has 0 spiro atoms. The van der Waals surface area contributed by atoms with Crippen molar-refractivity contribution in [3.8, 4) is 11.5 Å². The average Bonchev–Trinajstić information content (AvgIpc) is 3.12. The van der Waals surface area contributed by atoms with Gasteiger partial charge in [-0.1, -0.05) is 82.4 Å². The number of amides is 1. The second-order valence-electron chi connectivity index (χ2n) is 7.33. The third-order valence-corrected chi connectivity index (χ3v) is 6.80. The van der Waals surface area contributed by atoms with Crippen LogP contribution in [0.3, 0.4) is 0 Å². The molecule has 1 fully saturated rings. The monoisotopic (exact) mass is 551 g/mol. The van der Waals surface area contributed by atoms with E-state index in [0.29, 0.717) is 28.2 Å². The number of allylic oxidation sites excluding steroid dienone is 1. The lowest BCUT2D eigenvalue weighted by atomic mass is 10.1.